The molecule has 2 N–H and O–H groups in total. The molecule has 0 aliphatic carbocycles. The fourth-order valence-corrected chi connectivity index (χ4v) is 0. The molecule has 10 heteroatoms. The summed E-state index contributed by atoms with van der Waals surface area (Å²) in [6.07, 6.45) is 0. The molecule has 0 aromatic heterocycles. The summed E-state index contributed by atoms with van der Waals surface area (Å²) >= 11 is 0. The molecule has 0 heterocycles. The van der Waals surface area contributed by atoms with E-state index in [9.17, 15) is 12.6 Å². The second-order valence-electron chi connectivity index (χ2n) is 0.645. The van der Waals surface area contributed by atoms with Crippen LogP contribution in [-0.2, 0) is 19.3 Å². The van der Waals surface area contributed by atoms with E-state index in [4.69, 9.17) is 9.11 Å². The smallest absolute Gasteiger partial charge is 1.00 e. The number of rotatable bonds is 1. The summed E-state index contributed by atoms with van der Waals surface area (Å²) in [5, 5.41) is 0. The van der Waals surface area contributed by atoms with Crippen LogP contribution in [0, 0.1) is 0 Å². The van der Waals surface area contributed by atoms with Gasteiger partial charge in [0.05, 0.1) is 0 Å². The van der Waals surface area contributed by atoms with Gasteiger partial charge in [0.2, 0.25) is 0 Å². The predicted octanol–water partition coefficient (Wildman–Crippen LogP) is -9.64. The maximum absolute atomic E-state index is 9.34. The molecule has 0 saturated carbocycles. The average molecular weight is 250 g/mol. The Balaban J connectivity index is -0.0000000120. The number of hydrogen-bond acceptors (Lipinski definition) is 3. The van der Waals surface area contributed by atoms with Gasteiger partial charge in [-0.3, -0.25) is 9.11 Å². The van der Waals surface area contributed by atoms with Crippen molar-refractivity contribution in [2.45, 2.75) is 0 Å². The van der Waals surface area contributed by atoms with Crippen molar-refractivity contribution in [1.82, 2.24) is 0 Å². The first kappa shape index (κ1) is 23.8. The van der Waals surface area contributed by atoms with E-state index in [2.05, 4.69) is 0 Å². The largest absolute Gasteiger partial charge is 1.00 e. The summed E-state index contributed by atoms with van der Waals surface area (Å²) < 4.78 is 43.0. The zero-order valence-corrected chi connectivity index (χ0v) is 15.8. The summed E-state index contributed by atoms with van der Waals surface area (Å²) in [4.78, 5) is 0. The van der Waals surface area contributed by atoms with Gasteiger partial charge in [0.25, 0.3) is 0 Å². The van der Waals surface area contributed by atoms with Gasteiger partial charge in [-0.2, -0.15) is 8.42 Å². The van der Waals surface area contributed by atoms with Gasteiger partial charge in [-0.25, -0.2) is 4.21 Å². The Morgan fingerprint density at radius 2 is 1.40 bits per heavy atom. The van der Waals surface area contributed by atoms with Gasteiger partial charge in [0.1, 0.15) is 0 Å². The Morgan fingerprint density at radius 3 is 1.40 bits per heavy atom. The third kappa shape index (κ3) is 14.8. The molecule has 50 valence electrons. The van der Waals surface area contributed by atoms with Gasteiger partial charge < -0.3 is 4.28 Å². The van der Waals surface area contributed by atoms with Gasteiger partial charge in [0.15, 0.2) is 0 Å². The Bertz CT molecular complexity index is 182. The first-order valence-corrected chi connectivity index (χ1v) is 4.10. The van der Waals surface area contributed by atoms with Gasteiger partial charge in [-0.05, 0) is 0 Å². The van der Waals surface area contributed by atoms with Crippen LogP contribution in [0.15, 0.2) is 0 Å². The second kappa shape index (κ2) is 11.4. The predicted molar refractivity (Wildman–Crippen MR) is 25.7 cm³/mol. The molecule has 0 radical (unpaired) electrons. The van der Waals surface area contributed by atoms with Crippen molar-refractivity contribution in [1.29, 1.82) is 0 Å². The third-order valence-electron chi connectivity index (χ3n) is 0.180. The molecule has 0 rings (SSSR count). The fourth-order valence-electron chi connectivity index (χ4n) is 0. The normalized spacial score (nSPS) is 11.4. The van der Waals surface area contributed by atoms with Crippen LogP contribution in [0.2, 0.25) is 0 Å². The zero-order chi connectivity index (χ0) is 6.08. The standard InChI is InChI=1S/2K.Na.H2O5S2.3H/c;;;1-6(2)7(3,4)5;;;/h;;;(H,1,2)(H,3,4,5);;;/q3*+1;;3*-1. The van der Waals surface area contributed by atoms with Gasteiger partial charge in [-0.1, -0.05) is 0 Å². The molecule has 0 saturated heterocycles. The third-order valence-corrected chi connectivity index (χ3v) is 1.62. The molecule has 1 atom stereocenters. The molecule has 10 heavy (non-hydrogen) atoms. The molecule has 5 nitrogen and oxygen atoms in total. The zero-order valence-electron chi connectivity index (χ0n) is 8.94. The maximum Gasteiger partial charge on any atom is 1.00 e. The summed E-state index contributed by atoms with van der Waals surface area (Å²) in [6, 6.07) is 0. The van der Waals surface area contributed by atoms with Crippen LogP contribution in [0.25, 0.3) is 0 Å². The van der Waals surface area contributed by atoms with Gasteiger partial charge in [-0.15, -0.1) is 0 Å². The monoisotopic (exact) mass is 250 g/mol. The molecule has 0 bridgehead atoms. The van der Waals surface area contributed by atoms with Crippen molar-refractivity contribution in [3.8, 4) is 0 Å². The molecule has 0 aromatic rings. The molecule has 0 aromatic carbocycles. The second-order valence-corrected chi connectivity index (χ2v) is 4.05. The van der Waals surface area contributed by atoms with Crippen LogP contribution in [0.5, 0.6) is 0 Å². The average Bonchev–Trinajstić information content (AvgIpc) is 1.31. The topological polar surface area (TPSA) is 91.7 Å². The first-order valence-electron chi connectivity index (χ1n) is 1.03. The molecule has 1 unspecified atom stereocenters. The van der Waals surface area contributed by atoms with E-state index < -0.39 is 19.3 Å². The molecular weight excluding hydrogens is 245 g/mol. The van der Waals surface area contributed by atoms with Crippen LogP contribution in [0.1, 0.15) is 4.28 Å². The SMILES string of the molecule is O=S(O)S(=O)(=O)O.[H-].[H-].[H-].[K+].[K+].[Na+]. The molecule has 0 fully saturated rings. The van der Waals surface area contributed by atoms with Crippen LogP contribution in [0.3, 0.4) is 0 Å². The van der Waals surface area contributed by atoms with E-state index in [1.54, 1.807) is 0 Å². The summed E-state index contributed by atoms with van der Waals surface area (Å²) in [5.41, 5.74) is 0. The van der Waals surface area contributed by atoms with Crippen LogP contribution in [0.4, 0.5) is 0 Å². The van der Waals surface area contributed by atoms with E-state index in [-0.39, 0.29) is 137 Å². The van der Waals surface area contributed by atoms with E-state index in [0.29, 0.717) is 0 Å². The minimum absolute atomic E-state index is 0. The Hall–Kier alpha value is 4.29. The van der Waals surface area contributed by atoms with E-state index in [1.807, 2.05) is 0 Å². The quantitative estimate of drug-likeness (QED) is 0.209. The Morgan fingerprint density at radius 1 is 1.30 bits per heavy atom. The molecule has 0 aliphatic heterocycles. The summed E-state index contributed by atoms with van der Waals surface area (Å²) in [7, 11) is -7.87. The van der Waals surface area contributed by atoms with Crippen molar-refractivity contribution in [2.75, 3.05) is 0 Å². The molecule has 0 amide bonds. The Kier molecular flexibility index (Phi) is 27.1. The van der Waals surface area contributed by atoms with Crippen LogP contribution < -0.4 is 132 Å². The number of hydrogen-bond donors (Lipinski definition) is 2. The fraction of sp³-hybridized carbons (Fsp3) is 0. The Labute approximate surface area is 172 Å². The summed E-state index contributed by atoms with van der Waals surface area (Å²) in [6.45, 7) is 0. The van der Waals surface area contributed by atoms with E-state index in [1.165, 1.54) is 0 Å². The minimum atomic E-state index is -4.71. The van der Waals surface area contributed by atoms with Crippen molar-refractivity contribution in [2.24, 2.45) is 0 Å². The maximum atomic E-state index is 9.34. The molecule has 0 spiro atoms. The van der Waals surface area contributed by atoms with Crippen molar-refractivity contribution in [3.63, 3.8) is 0 Å². The summed E-state index contributed by atoms with van der Waals surface area (Å²) in [5.74, 6) is 0. The molecular formula is H5K2NaO5S2. The van der Waals surface area contributed by atoms with E-state index in [0.717, 1.165) is 0 Å². The molecule has 0 aliphatic rings. The van der Waals surface area contributed by atoms with Gasteiger partial charge >= 0.3 is 152 Å². The van der Waals surface area contributed by atoms with Crippen molar-refractivity contribution in [3.05, 3.63) is 0 Å². The van der Waals surface area contributed by atoms with E-state index >= 15 is 0 Å². The minimum Gasteiger partial charge on any atom is -1.00 e. The van der Waals surface area contributed by atoms with Crippen LogP contribution in [-0.4, -0.2) is 21.7 Å². The first-order chi connectivity index (χ1) is 2.94. The van der Waals surface area contributed by atoms with Crippen molar-refractivity contribution < 1.29 is 158 Å². The van der Waals surface area contributed by atoms with Crippen LogP contribution >= 0.6 is 0 Å². The van der Waals surface area contributed by atoms with Gasteiger partial charge in [0, 0.05) is 0 Å². The van der Waals surface area contributed by atoms with Crippen molar-refractivity contribution >= 4 is 19.3 Å².